The maximum Gasteiger partial charge on any atom is 0.268 e. The van der Waals surface area contributed by atoms with Crippen LogP contribution in [0.25, 0.3) is 0 Å². The Morgan fingerprint density at radius 2 is 2.31 bits per heavy atom. The molecule has 2 aromatic rings. The van der Waals surface area contributed by atoms with Crippen LogP contribution in [0.15, 0.2) is 9.85 Å². The van der Waals surface area contributed by atoms with Gasteiger partial charge in [-0.2, -0.15) is 4.98 Å². The minimum absolute atomic E-state index is 0.196. The number of carbonyl (C=O) groups is 1. The van der Waals surface area contributed by atoms with Gasteiger partial charge in [0.2, 0.25) is 5.95 Å². The van der Waals surface area contributed by atoms with Crippen molar-refractivity contribution in [2.75, 3.05) is 5.32 Å². The zero-order chi connectivity index (χ0) is 11.7. The molecule has 0 atom stereocenters. The summed E-state index contributed by atoms with van der Waals surface area (Å²) in [6.45, 7) is 3.71. The predicted molar refractivity (Wildman–Crippen MR) is 65.8 cm³/mol. The molecule has 7 heteroatoms. The van der Waals surface area contributed by atoms with Gasteiger partial charge in [-0.15, -0.1) is 16.4 Å². The van der Waals surface area contributed by atoms with E-state index in [9.17, 15) is 4.79 Å². The minimum atomic E-state index is -0.196. The van der Waals surface area contributed by atoms with Gasteiger partial charge in [0.1, 0.15) is 5.82 Å². The van der Waals surface area contributed by atoms with Crippen molar-refractivity contribution in [3.05, 3.63) is 26.1 Å². The van der Waals surface area contributed by atoms with Gasteiger partial charge >= 0.3 is 0 Å². The highest BCUT2D eigenvalue weighted by Crippen LogP contribution is 2.27. The van der Waals surface area contributed by atoms with Crippen LogP contribution in [0.3, 0.4) is 0 Å². The lowest BCUT2D eigenvalue weighted by Crippen LogP contribution is -2.11. The Morgan fingerprint density at radius 1 is 1.56 bits per heavy atom. The summed E-state index contributed by atoms with van der Waals surface area (Å²) in [5.41, 5.74) is 1.04. The molecule has 0 radical (unpaired) electrons. The van der Waals surface area contributed by atoms with E-state index >= 15 is 0 Å². The maximum absolute atomic E-state index is 11.8. The van der Waals surface area contributed by atoms with Gasteiger partial charge in [0.05, 0.1) is 8.66 Å². The Balaban J connectivity index is 2.14. The average molecular weight is 301 g/mol. The number of nitrogens with one attached hydrogen (secondary N) is 2. The zero-order valence-electron chi connectivity index (χ0n) is 8.67. The van der Waals surface area contributed by atoms with E-state index in [0.717, 1.165) is 9.35 Å². The Morgan fingerprint density at radius 3 is 2.81 bits per heavy atom. The van der Waals surface area contributed by atoms with Crippen LogP contribution in [0.5, 0.6) is 0 Å². The summed E-state index contributed by atoms with van der Waals surface area (Å²) < 4.78 is 0.962. The fourth-order valence-corrected chi connectivity index (χ4v) is 2.56. The lowest BCUT2D eigenvalue weighted by Gasteiger charge is -1.95. The topological polar surface area (TPSA) is 70.7 Å². The third-order valence-corrected chi connectivity index (χ3v) is 4.04. The molecule has 0 unspecified atom stereocenters. The fraction of sp³-hybridized carbons (Fsp3) is 0.222. The third-order valence-electron chi connectivity index (χ3n) is 1.90. The van der Waals surface area contributed by atoms with E-state index in [0.29, 0.717) is 16.6 Å². The van der Waals surface area contributed by atoms with Crippen molar-refractivity contribution in [2.45, 2.75) is 13.8 Å². The van der Waals surface area contributed by atoms with E-state index in [-0.39, 0.29) is 5.91 Å². The zero-order valence-corrected chi connectivity index (χ0v) is 11.1. The molecule has 0 spiro atoms. The number of nitrogens with zero attached hydrogens (tertiary/aromatic N) is 2. The van der Waals surface area contributed by atoms with Gasteiger partial charge in [-0.05, 0) is 41.4 Å². The largest absolute Gasteiger partial charge is 0.288 e. The second-order valence-corrected chi connectivity index (χ2v) is 5.64. The van der Waals surface area contributed by atoms with Crippen molar-refractivity contribution in [1.29, 1.82) is 0 Å². The van der Waals surface area contributed by atoms with E-state index in [1.54, 1.807) is 6.92 Å². The molecular formula is C9H9BrN4OS. The number of hydrogen-bond donors (Lipinski definition) is 2. The fourth-order valence-electron chi connectivity index (χ4n) is 1.13. The number of H-pyrrole nitrogens is 1. The Bertz CT molecular complexity index is 514. The number of hydrogen-bond acceptors (Lipinski definition) is 4. The molecule has 0 aliphatic carbocycles. The summed E-state index contributed by atoms with van der Waals surface area (Å²) in [5, 5.41) is 9.11. The van der Waals surface area contributed by atoms with Gasteiger partial charge < -0.3 is 0 Å². The number of anilines is 1. The molecular weight excluding hydrogens is 292 g/mol. The Hall–Kier alpha value is -1.21. The van der Waals surface area contributed by atoms with Gasteiger partial charge in [-0.1, -0.05) is 0 Å². The number of aromatic amines is 1. The SMILES string of the molecule is Cc1nc(NC(=O)c2cc(C)c(Br)s2)n[nH]1. The van der Waals surface area contributed by atoms with E-state index in [1.807, 2.05) is 13.0 Å². The van der Waals surface area contributed by atoms with Crippen molar-refractivity contribution in [1.82, 2.24) is 15.2 Å². The number of thiophene rings is 1. The summed E-state index contributed by atoms with van der Waals surface area (Å²) in [6, 6.07) is 1.82. The molecule has 0 fully saturated rings. The van der Waals surface area contributed by atoms with Crippen LogP contribution in [0, 0.1) is 13.8 Å². The molecule has 0 bridgehead atoms. The first-order valence-electron chi connectivity index (χ1n) is 4.52. The molecule has 0 aliphatic rings. The van der Waals surface area contributed by atoms with Crippen LogP contribution >= 0.6 is 27.3 Å². The normalized spacial score (nSPS) is 10.4. The molecule has 2 rings (SSSR count). The molecule has 0 saturated carbocycles. The smallest absolute Gasteiger partial charge is 0.268 e. The minimum Gasteiger partial charge on any atom is -0.288 e. The van der Waals surface area contributed by atoms with Gasteiger partial charge in [0.15, 0.2) is 0 Å². The summed E-state index contributed by atoms with van der Waals surface area (Å²) in [6.07, 6.45) is 0. The van der Waals surface area contributed by atoms with Crippen molar-refractivity contribution in [3.63, 3.8) is 0 Å². The van der Waals surface area contributed by atoms with Crippen molar-refractivity contribution < 1.29 is 4.79 Å². The lowest BCUT2D eigenvalue weighted by molar-refractivity contribution is 0.102. The van der Waals surface area contributed by atoms with E-state index in [4.69, 9.17) is 0 Å². The first-order chi connectivity index (χ1) is 7.56. The lowest BCUT2D eigenvalue weighted by atomic mass is 10.3. The second kappa shape index (κ2) is 4.34. The number of amides is 1. The average Bonchev–Trinajstić information content (AvgIpc) is 2.75. The van der Waals surface area contributed by atoms with Gasteiger partial charge in [0, 0.05) is 0 Å². The number of rotatable bonds is 2. The van der Waals surface area contributed by atoms with E-state index in [2.05, 4.69) is 36.4 Å². The van der Waals surface area contributed by atoms with Crippen LogP contribution in [-0.2, 0) is 0 Å². The Labute approximate surface area is 104 Å². The first-order valence-corrected chi connectivity index (χ1v) is 6.13. The van der Waals surface area contributed by atoms with E-state index < -0.39 is 0 Å². The summed E-state index contributed by atoms with van der Waals surface area (Å²) in [7, 11) is 0. The molecule has 0 saturated heterocycles. The molecule has 2 heterocycles. The summed E-state index contributed by atoms with van der Waals surface area (Å²) >= 11 is 4.76. The van der Waals surface area contributed by atoms with Gasteiger partial charge in [-0.3, -0.25) is 15.2 Å². The molecule has 84 valence electrons. The van der Waals surface area contributed by atoms with Crippen molar-refractivity contribution in [2.24, 2.45) is 0 Å². The third kappa shape index (κ3) is 2.30. The number of aromatic nitrogens is 3. The highest BCUT2D eigenvalue weighted by Gasteiger charge is 2.12. The predicted octanol–water partition coefficient (Wildman–Crippen LogP) is 2.50. The Kier molecular flexibility index (Phi) is 3.06. The van der Waals surface area contributed by atoms with Crippen LogP contribution in [0.2, 0.25) is 0 Å². The number of aryl methyl sites for hydroxylation is 2. The van der Waals surface area contributed by atoms with Crippen LogP contribution in [0.4, 0.5) is 5.95 Å². The standard InChI is InChI=1S/C9H9BrN4OS/c1-4-3-6(16-7(4)10)8(15)12-9-11-5(2)13-14-9/h3H,1-2H3,(H2,11,12,13,14,15). The molecule has 1 amide bonds. The molecule has 2 N–H and O–H groups in total. The highest BCUT2D eigenvalue weighted by molar-refractivity contribution is 9.11. The van der Waals surface area contributed by atoms with E-state index in [1.165, 1.54) is 11.3 Å². The first kappa shape index (κ1) is 11.3. The number of halogens is 1. The quantitative estimate of drug-likeness (QED) is 0.895. The molecule has 0 aromatic carbocycles. The van der Waals surface area contributed by atoms with Gasteiger partial charge in [-0.25, -0.2) is 0 Å². The second-order valence-electron chi connectivity index (χ2n) is 3.27. The van der Waals surface area contributed by atoms with Gasteiger partial charge in [0.25, 0.3) is 5.91 Å². The number of carbonyl (C=O) groups excluding carboxylic acids is 1. The van der Waals surface area contributed by atoms with Crippen LogP contribution in [-0.4, -0.2) is 21.1 Å². The molecule has 0 aliphatic heterocycles. The molecule has 2 aromatic heterocycles. The van der Waals surface area contributed by atoms with Crippen LogP contribution < -0.4 is 5.32 Å². The summed E-state index contributed by atoms with van der Waals surface area (Å²) in [4.78, 5) is 16.4. The van der Waals surface area contributed by atoms with Crippen molar-refractivity contribution in [3.8, 4) is 0 Å². The monoisotopic (exact) mass is 300 g/mol. The molecule has 16 heavy (non-hydrogen) atoms. The van der Waals surface area contributed by atoms with Crippen LogP contribution in [0.1, 0.15) is 21.1 Å². The highest BCUT2D eigenvalue weighted by atomic mass is 79.9. The molecule has 5 nitrogen and oxygen atoms in total. The summed E-state index contributed by atoms with van der Waals surface area (Å²) in [5.74, 6) is 0.765. The van der Waals surface area contributed by atoms with Crippen molar-refractivity contribution >= 4 is 39.1 Å². The maximum atomic E-state index is 11.8.